The summed E-state index contributed by atoms with van der Waals surface area (Å²) in [5.41, 5.74) is 1.34. The number of rotatable bonds is 6. The van der Waals surface area contributed by atoms with Gasteiger partial charge in [-0.1, -0.05) is 0 Å². The summed E-state index contributed by atoms with van der Waals surface area (Å²) in [4.78, 5) is 28.7. The molecule has 1 aliphatic heterocycles. The van der Waals surface area contributed by atoms with E-state index in [0.29, 0.717) is 6.42 Å². The largest absolute Gasteiger partial charge is 0.339 e. The highest BCUT2D eigenvalue weighted by molar-refractivity contribution is 7.10. The van der Waals surface area contributed by atoms with Crippen LogP contribution in [0, 0.1) is 6.92 Å². The predicted molar refractivity (Wildman–Crippen MR) is 101 cm³/mol. The number of nitrogens with zero attached hydrogens (tertiary/aromatic N) is 5. The van der Waals surface area contributed by atoms with Gasteiger partial charge in [0.2, 0.25) is 11.9 Å². The van der Waals surface area contributed by atoms with Crippen molar-refractivity contribution in [1.29, 1.82) is 0 Å². The van der Waals surface area contributed by atoms with Crippen molar-refractivity contribution in [1.82, 2.24) is 19.8 Å². The number of carbonyl (C=O) groups is 1. The lowest BCUT2D eigenvalue weighted by molar-refractivity contribution is -0.131. The van der Waals surface area contributed by atoms with Crippen molar-refractivity contribution >= 4 is 23.2 Å². The van der Waals surface area contributed by atoms with Crippen molar-refractivity contribution in [2.75, 3.05) is 44.7 Å². The van der Waals surface area contributed by atoms with E-state index in [9.17, 15) is 4.79 Å². The van der Waals surface area contributed by atoms with Crippen molar-refractivity contribution in [3.63, 3.8) is 0 Å². The molecule has 1 amide bonds. The van der Waals surface area contributed by atoms with Gasteiger partial charge in [0.1, 0.15) is 0 Å². The van der Waals surface area contributed by atoms with Gasteiger partial charge in [-0.3, -0.25) is 4.79 Å². The Labute approximate surface area is 153 Å². The maximum atomic E-state index is 12.5. The molecule has 0 aromatic carbocycles. The highest BCUT2D eigenvalue weighted by atomic mass is 32.1. The molecule has 3 heterocycles. The summed E-state index contributed by atoms with van der Waals surface area (Å²) in [5, 5.41) is 2.12. The van der Waals surface area contributed by atoms with Gasteiger partial charge in [0.05, 0.1) is 0 Å². The maximum Gasteiger partial charge on any atom is 0.225 e. The first-order valence-electron chi connectivity index (χ1n) is 8.65. The number of anilines is 1. The van der Waals surface area contributed by atoms with Gasteiger partial charge in [-0.15, -0.1) is 11.3 Å². The zero-order valence-electron chi connectivity index (χ0n) is 14.9. The molecule has 134 valence electrons. The molecule has 0 saturated carbocycles. The standard InChI is InChI=1S/C18H25N5OS/c1-15-5-13-25-16(15)14-21(2)8-4-17(24)22-9-11-23(12-10-22)18-19-6-3-7-20-18/h3,5-7,13H,4,8-12,14H2,1-2H3. The SMILES string of the molecule is Cc1ccsc1CN(C)CCC(=O)N1CCN(c2ncccn2)CC1. The van der Waals surface area contributed by atoms with Crippen LogP contribution in [0.4, 0.5) is 5.95 Å². The molecule has 25 heavy (non-hydrogen) atoms. The Hall–Kier alpha value is -1.99. The number of piperazine rings is 1. The molecular formula is C18H25N5OS. The Morgan fingerprint density at radius 3 is 2.60 bits per heavy atom. The highest BCUT2D eigenvalue weighted by Crippen LogP contribution is 2.17. The summed E-state index contributed by atoms with van der Waals surface area (Å²) in [6.07, 6.45) is 4.08. The van der Waals surface area contributed by atoms with E-state index in [0.717, 1.165) is 45.2 Å². The lowest BCUT2D eigenvalue weighted by Gasteiger charge is -2.35. The van der Waals surface area contributed by atoms with Gasteiger partial charge in [-0.2, -0.15) is 0 Å². The first-order chi connectivity index (χ1) is 12.1. The molecular weight excluding hydrogens is 334 g/mol. The van der Waals surface area contributed by atoms with E-state index in [1.807, 2.05) is 11.0 Å². The molecule has 0 spiro atoms. The summed E-state index contributed by atoms with van der Waals surface area (Å²) in [6, 6.07) is 3.96. The molecule has 0 N–H and O–H groups in total. The molecule has 6 nitrogen and oxygen atoms in total. The number of carbonyl (C=O) groups excluding carboxylic acids is 1. The molecule has 0 unspecified atom stereocenters. The molecule has 0 radical (unpaired) electrons. The zero-order valence-corrected chi connectivity index (χ0v) is 15.7. The third-order valence-electron chi connectivity index (χ3n) is 4.56. The van der Waals surface area contributed by atoms with Crippen LogP contribution < -0.4 is 4.90 Å². The van der Waals surface area contributed by atoms with Gasteiger partial charge in [0.25, 0.3) is 0 Å². The van der Waals surface area contributed by atoms with E-state index in [1.165, 1.54) is 10.4 Å². The van der Waals surface area contributed by atoms with E-state index < -0.39 is 0 Å². The average Bonchev–Trinajstić information content (AvgIpc) is 3.05. The summed E-state index contributed by atoms with van der Waals surface area (Å²) in [7, 11) is 2.08. The first-order valence-corrected chi connectivity index (χ1v) is 9.52. The highest BCUT2D eigenvalue weighted by Gasteiger charge is 2.22. The maximum absolute atomic E-state index is 12.5. The van der Waals surface area contributed by atoms with Gasteiger partial charge in [-0.25, -0.2) is 9.97 Å². The normalized spacial score (nSPS) is 15.0. The number of aryl methyl sites for hydroxylation is 1. The second kappa shape index (κ2) is 8.40. The molecule has 0 aliphatic carbocycles. The molecule has 1 saturated heterocycles. The van der Waals surface area contributed by atoms with Crippen LogP contribution in [0.25, 0.3) is 0 Å². The third kappa shape index (κ3) is 4.76. The Morgan fingerprint density at radius 2 is 1.96 bits per heavy atom. The molecule has 7 heteroatoms. The number of thiophene rings is 1. The minimum absolute atomic E-state index is 0.239. The predicted octanol–water partition coefficient (Wildman–Crippen LogP) is 2.02. The van der Waals surface area contributed by atoms with Crippen LogP contribution in [0.2, 0.25) is 0 Å². The summed E-state index contributed by atoms with van der Waals surface area (Å²) >= 11 is 1.78. The van der Waals surface area contributed by atoms with Crippen LogP contribution in [0.1, 0.15) is 16.9 Å². The smallest absolute Gasteiger partial charge is 0.225 e. The van der Waals surface area contributed by atoms with Gasteiger partial charge in [-0.05, 0) is 37.0 Å². The van der Waals surface area contributed by atoms with Gasteiger partial charge in [0, 0.05) is 63.0 Å². The van der Waals surface area contributed by atoms with E-state index in [1.54, 1.807) is 23.7 Å². The van der Waals surface area contributed by atoms with Crippen LogP contribution >= 0.6 is 11.3 Å². The zero-order chi connectivity index (χ0) is 17.6. The summed E-state index contributed by atoms with van der Waals surface area (Å²) in [5.74, 6) is 0.990. The molecule has 2 aromatic rings. The number of aromatic nitrogens is 2. The average molecular weight is 359 g/mol. The number of hydrogen-bond acceptors (Lipinski definition) is 6. The number of hydrogen-bond donors (Lipinski definition) is 0. The van der Waals surface area contributed by atoms with Crippen molar-refractivity contribution < 1.29 is 4.79 Å². The number of amides is 1. The molecule has 0 atom stereocenters. The first kappa shape index (κ1) is 17.8. The quantitative estimate of drug-likeness (QED) is 0.790. The fourth-order valence-electron chi connectivity index (χ4n) is 2.95. The van der Waals surface area contributed by atoms with Crippen LogP contribution in [-0.4, -0.2) is 65.4 Å². The molecule has 0 bridgehead atoms. The monoisotopic (exact) mass is 359 g/mol. The van der Waals surface area contributed by atoms with Gasteiger partial charge >= 0.3 is 0 Å². The van der Waals surface area contributed by atoms with Crippen LogP contribution in [0.5, 0.6) is 0 Å². The Balaban J connectivity index is 1.41. The van der Waals surface area contributed by atoms with E-state index >= 15 is 0 Å². The lowest BCUT2D eigenvalue weighted by Crippen LogP contribution is -2.49. The van der Waals surface area contributed by atoms with E-state index in [2.05, 4.69) is 45.2 Å². The Morgan fingerprint density at radius 1 is 1.24 bits per heavy atom. The summed E-state index contributed by atoms with van der Waals surface area (Å²) < 4.78 is 0. The van der Waals surface area contributed by atoms with Crippen LogP contribution in [-0.2, 0) is 11.3 Å². The molecule has 3 rings (SSSR count). The summed E-state index contributed by atoms with van der Waals surface area (Å²) in [6.45, 7) is 6.91. The minimum atomic E-state index is 0.239. The van der Waals surface area contributed by atoms with Crippen molar-refractivity contribution in [2.24, 2.45) is 0 Å². The van der Waals surface area contributed by atoms with E-state index in [-0.39, 0.29) is 5.91 Å². The fourth-order valence-corrected chi connectivity index (χ4v) is 3.93. The molecule has 1 aliphatic rings. The second-order valence-electron chi connectivity index (χ2n) is 6.43. The van der Waals surface area contributed by atoms with Gasteiger partial charge < -0.3 is 14.7 Å². The molecule has 1 fully saturated rings. The van der Waals surface area contributed by atoms with Crippen LogP contribution in [0.3, 0.4) is 0 Å². The third-order valence-corrected chi connectivity index (χ3v) is 5.56. The molecule has 2 aromatic heterocycles. The van der Waals surface area contributed by atoms with Crippen LogP contribution in [0.15, 0.2) is 29.9 Å². The Bertz CT molecular complexity index is 682. The van der Waals surface area contributed by atoms with Crippen molar-refractivity contribution in [3.8, 4) is 0 Å². The topological polar surface area (TPSA) is 52.6 Å². The van der Waals surface area contributed by atoms with Crippen molar-refractivity contribution in [3.05, 3.63) is 40.3 Å². The van der Waals surface area contributed by atoms with Crippen molar-refractivity contribution in [2.45, 2.75) is 19.9 Å². The fraction of sp³-hybridized carbons (Fsp3) is 0.500. The minimum Gasteiger partial charge on any atom is -0.339 e. The Kier molecular flexibility index (Phi) is 5.99. The van der Waals surface area contributed by atoms with Gasteiger partial charge in [0.15, 0.2) is 0 Å². The van der Waals surface area contributed by atoms with E-state index in [4.69, 9.17) is 0 Å². The second-order valence-corrected chi connectivity index (χ2v) is 7.43. The lowest BCUT2D eigenvalue weighted by atomic mass is 10.2.